The minimum atomic E-state index is -1.65. The van der Waals surface area contributed by atoms with Crippen LogP contribution in [0.5, 0.6) is 11.5 Å². The molecule has 10 rings (SSSR count). The lowest BCUT2D eigenvalue weighted by Gasteiger charge is -2.41. The van der Waals surface area contributed by atoms with Gasteiger partial charge in [-0.1, -0.05) is 60.7 Å². The zero-order chi connectivity index (χ0) is 56.6. The summed E-state index contributed by atoms with van der Waals surface area (Å²) in [6.07, 6.45) is -15.3. The van der Waals surface area contributed by atoms with Crippen molar-refractivity contribution in [3.63, 3.8) is 0 Å². The molecule has 2 spiro atoms. The molecular formula is C58H70N4O18. The SMILES string of the molecule is CN1C[C@@H](c2ccc(OCCOCCOCCOc3ccc([C@@H]4CN(C)[C@]5(C(=O)Nc6ccccc65)[C@H]4C(=O)C[C@@H]4O[C@H](CO)[C@@H](O)[C@H](O)[C@H]4O)cc3)cc2)[C@H](C(=O)C[C@@H]2O[C@H](CO)[C@@H](O)[C@H](O)[C@H]2O)[C@@]12C(=O)Nc1ccccc12. The zero-order valence-electron chi connectivity index (χ0n) is 44.4. The number of carbonyl (C=O) groups excluding carboxylic acids is 4. The van der Waals surface area contributed by atoms with Gasteiger partial charge in [0.15, 0.2) is 0 Å². The lowest BCUT2D eigenvalue weighted by Crippen LogP contribution is -2.59. The van der Waals surface area contributed by atoms with Crippen LogP contribution in [0.4, 0.5) is 11.4 Å². The lowest BCUT2D eigenvalue weighted by atomic mass is 9.70. The van der Waals surface area contributed by atoms with Crippen molar-refractivity contribution < 1.29 is 88.5 Å². The highest BCUT2D eigenvalue weighted by molar-refractivity contribution is 6.10. The second-order valence-electron chi connectivity index (χ2n) is 21.6. The van der Waals surface area contributed by atoms with Gasteiger partial charge in [-0.25, -0.2) is 0 Å². The molecule has 0 radical (unpaired) electrons. The normalized spacial score (nSPS) is 33.9. The van der Waals surface area contributed by atoms with Crippen molar-refractivity contribution in [2.45, 2.75) is 96.8 Å². The van der Waals surface area contributed by atoms with Crippen LogP contribution >= 0.6 is 0 Å². The second-order valence-corrected chi connectivity index (χ2v) is 21.6. The van der Waals surface area contributed by atoms with Crippen molar-refractivity contribution in [1.29, 1.82) is 0 Å². The molecule has 6 aliphatic heterocycles. The molecule has 0 bridgehead atoms. The van der Waals surface area contributed by atoms with E-state index in [1.54, 1.807) is 74.8 Å². The number of aliphatic hydroxyl groups is 8. The summed E-state index contributed by atoms with van der Waals surface area (Å²) in [5.74, 6) is -3.29. The van der Waals surface area contributed by atoms with Gasteiger partial charge in [0.25, 0.3) is 0 Å². The van der Waals surface area contributed by atoms with Gasteiger partial charge in [0.1, 0.15) is 96.2 Å². The topological polar surface area (TPSA) is 316 Å². The number of hydrogen-bond donors (Lipinski definition) is 10. The van der Waals surface area contributed by atoms with E-state index < -0.39 is 121 Å². The van der Waals surface area contributed by atoms with E-state index >= 15 is 0 Å². The third kappa shape index (κ3) is 10.2. The van der Waals surface area contributed by atoms with E-state index in [1.165, 1.54) is 0 Å². The predicted molar refractivity (Wildman–Crippen MR) is 284 cm³/mol. The number of aliphatic hydroxyl groups excluding tert-OH is 8. The van der Waals surface area contributed by atoms with Gasteiger partial charge in [-0.2, -0.15) is 0 Å². The van der Waals surface area contributed by atoms with E-state index in [-0.39, 0.29) is 51.1 Å². The van der Waals surface area contributed by atoms with Crippen LogP contribution in [-0.4, -0.2) is 215 Å². The number of benzene rings is 4. The number of ether oxygens (including phenoxy) is 6. The molecule has 4 aromatic carbocycles. The van der Waals surface area contributed by atoms with Gasteiger partial charge < -0.3 is 79.9 Å². The molecule has 22 nitrogen and oxygen atoms in total. The molecule has 16 atom stereocenters. The third-order valence-corrected chi connectivity index (χ3v) is 17.2. The Balaban J connectivity index is 0.697. The van der Waals surface area contributed by atoms with E-state index in [0.29, 0.717) is 60.3 Å². The van der Waals surface area contributed by atoms with Gasteiger partial charge >= 0.3 is 0 Å². The van der Waals surface area contributed by atoms with E-state index in [9.17, 15) is 60.0 Å². The number of nitrogens with one attached hydrogen (secondary N) is 2. The average molecular weight is 1110 g/mol. The minimum absolute atomic E-state index is 0.233. The molecule has 0 aromatic heterocycles. The summed E-state index contributed by atoms with van der Waals surface area (Å²) >= 11 is 0. The molecule has 6 aliphatic rings. The number of likely N-dealkylation sites (tertiary alicyclic amines) is 2. The predicted octanol–water partition coefficient (Wildman–Crippen LogP) is -0.234. The Hall–Kier alpha value is -5.80. The summed E-state index contributed by atoms with van der Waals surface area (Å²) in [5, 5.41) is 89.0. The highest BCUT2D eigenvalue weighted by Crippen LogP contribution is 2.57. The first-order chi connectivity index (χ1) is 38.5. The molecule has 80 heavy (non-hydrogen) atoms. The summed E-state index contributed by atoms with van der Waals surface area (Å²) in [7, 11) is 3.59. The molecule has 2 amide bonds. The summed E-state index contributed by atoms with van der Waals surface area (Å²) in [6.45, 7) is 0.959. The number of anilines is 2. The van der Waals surface area contributed by atoms with Crippen molar-refractivity contribution in [2.24, 2.45) is 11.8 Å². The number of hydrogen-bond acceptors (Lipinski definition) is 20. The number of Topliss-reactive ketones (excluding diaryl/α,β-unsaturated/α-hetero) is 2. The smallest absolute Gasteiger partial charge is 0.250 e. The molecule has 4 aromatic rings. The quantitative estimate of drug-likeness (QED) is 0.0482. The molecule has 0 saturated carbocycles. The van der Waals surface area contributed by atoms with Gasteiger partial charge in [-0.15, -0.1) is 0 Å². The minimum Gasteiger partial charge on any atom is -0.491 e. The number of ketones is 2. The average Bonchev–Trinajstić information content (AvgIpc) is 4.37. The van der Waals surface area contributed by atoms with Gasteiger partial charge in [0, 0.05) is 60.3 Å². The number of likely N-dealkylation sites (N-methyl/N-ethyl adjacent to an activating group) is 2. The van der Waals surface area contributed by atoms with Crippen LogP contribution in [0, 0.1) is 11.8 Å². The van der Waals surface area contributed by atoms with E-state index in [4.69, 9.17) is 28.4 Å². The number of carbonyl (C=O) groups is 4. The third-order valence-electron chi connectivity index (χ3n) is 17.2. The van der Waals surface area contributed by atoms with E-state index in [0.717, 1.165) is 11.1 Å². The summed E-state index contributed by atoms with van der Waals surface area (Å²) in [6, 6.07) is 28.9. The molecule has 4 fully saturated rings. The monoisotopic (exact) mass is 1110 g/mol. The Morgan fingerprint density at radius 3 is 1.24 bits per heavy atom. The highest BCUT2D eigenvalue weighted by Gasteiger charge is 2.66. The maximum Gasteiger partial charge on any atom is 0.250 e. The molecule has 10 N–H and O–H groups in total. The molecule has 6 heterocycles. The summed E-state index contributed by atoms with van der Waals surface area (Å²) < 4.78 is 34.9. The van der Waals surface area contributed by atoms with Crippen molar-refractivity contribution >= 4 is 34.8 Å². The lowest BCUT2D eigenvalue weighted by molar-refractivity contribution is -0.230. The zero-order valence-corrected chi connectivity index (χ0v) is 44.4. The molecule has 430 valence electrons. The fourth-order valence-corrected chi connectivity index (χ4v) is 13.3. The summed E-state index contributed by atoms with van der Waals surface area (Å²) in [5.41, 5.74) is 1.22. The van der Waals surface area contributed by atoms with Crippen LogP contribution in [-0.2, 0) is 49.2 Å². The van der Waals surface area contributed by atoms with Crippen molar-refractivity contribution in [1.82, 2.24) is 9.80 Å². The van der Waals surface area contributed by atoms with Crippen LogP contribution in [0.1, 0.15) is 46.9 Å². The summed E-state index contributed by atoms with van der Waals surface area (Å²) in [4.78, 5) is 61.2. The maximum atomic E-state index is 14.6. The Morgan fingerprint density at radius 1 is 0.512 bits per heavy atom. The van der Waals surface area contributed by atoms with Crippen LogP contribution in [0.25, 0.3) is 0 Å². The van der Waals surface area contributed by atoms with Crippen LogP contribution in [0.3, 0.4) is 0 Å². The molecular weight excluding hydrogens is 1040 g/mol. The Morgan fingerprint density at radius 2 is 0.863 bits per heavy atom. The van der Waals surface area contributed by atoms with E-state index in [1.807, 2.05) is 46.2 Å². The molecule has 4 saturated heterocycles. The van der Waals surface area contributed by atoms with Crippen molar-refractivity contribution in [3.8, 4) is 11.5 Å². The Labute approximate surface area is 461 Å². The maximum absolute atomic E-state index is 14.6. The molecule has 22 heteroatoms. The van der Waals surface area contributed by atoms with Crippen molar-refractivity contribution in [2.75, 3.05) is 90.7 Å². The second kappa shape index (κ2) is 24.0. The Kier molecular flexibility index (Phi) is 17.2. The van der Waals surface area contributed by atoms with Crippen LogP contribution < -0.4 is 20.1 Å². The largest absolute Gasteiger partial charge is 0.491 e. The molecule has 0 unspecified atom stereocenters. The fraction of sp³-hybridized carbons (Fsp3) is 0.517. The van der Waals surface area contributed by atoms with Crippen LogP contribution in [0.15, 0.2) is 97.1 Å². The number of rotatable bonds is 21. The van der Waals surface area contributed by atoms with Crippen LogP contribution in [0.2, 0.25) is 0 Å². The van der Waals surface area contributed by atoms with Gasteiger partial charge in [-0.3, -0.25) is 29.0 Å². The number of para-hydroxylation sites is 2. The fourth-order valence-electron chi connectivity index (χ4n) is 13.3. The number of amides is 2. The standard InChI is InChI=1S/C58H70N4O18/c1-61-27-35(47(57(61)37-7-3-5-9-39(37)59-55(57)73)41(65)25-43-49(67)53(71)51(69)45(29-63)79-43)31-11-15-33(16-12-31)77-23-21-75-19-20-76-22-24-78-34-17-13-32(14-18-34)36-28-62(2)58(38-8-4-6-10-40(38)60-56(58)74)48(36)42(66)26-44-50(68)54(72)52(70)46(30-64)80-44/h3-18,35-36,43-54,63-64,67-72H,19-30H2,1-2H3,(H,59,73)(H,60,74)/t35-,36-,43-,44-,45+,46+,47+,48+,49-,50-,51+,52+,53+,54+,57-,58-/m0/s1. The van der Waals surface area contributed by atoms with Gasteiger partial charge in [0.05, 0.1) is 63.7 Å². The van der Waals surface area contributed by atoms with Gasteiger partial charge in [0.2, 0.25) is 11.8 Å². The van der Waals surface area contributed by atoms with Gasteiger partial charge in [-0.05, 0) is 61.6 Å². The first-order valence-corrected chi connectivity index (χ1v) is 27.1. The highest BCUT2D eigenvalue weighted by atomic mass is 16.6. The van der Waals surface area contributed by atoms with Crippen molar-refractivity contribution in [3.05, 3.63) is 119 Å². The number of nitrogens with zero attached hydrogens (tertiary/aromatic N) is 2. The first kappa shape index (κ1) is 57.4. The Bertz CT molecular complexity index is 2670. The van der Waals surface area contributed by atoms with E-state index in [2.05, 4.69) is 10.6 Å². The first-order valence-electron chi connectivity index (χ1n) is 27.1. The number of fused-ring (bicyclic) bond motifs is 4. The molecule has 0 aliphatic carbocycles.